The number of amides is 3. The molecule has 0 aromatic carbocycles. The quantitative estimate of drug-likeness (QED) is 0.198. The molecule has 0 aromatic heterocycles. The van der Waals surface area contributed by atoms with Crippen molar-refractivity contribution in [2.24, 2.45) is 5.73 Å². The molecular formula is C20H34N4O7S2. The van der Waals surface area contributed by atoms with Crippen LogP contribution in [0.3, 0.4) is 0 Å². The molecule has 188 valence electrons. The van der Waals surface area contributed by atoms with Gasteiger partial charge in [-0.15, -0.1) is 0 Å². The molecule has 1 heterocycles. The zero-order chi connectivity index (χ0) is 25.0. The van der Waals surface area contributed by atoms with Gasteiger partial charge in [0.2, 0.25) is 17.7 Å². The molecule has 3 amide bonds. The molecule has 1 rings (SSSR count). The topological polar surface area (TPSA) is 179 Å². The molecule has 1 fully saturated rings. The van der Waals surface area contributed by atoms with E-state index in [2.05, 4.69) is 10.6 Å². The van der Waals surface area contributed by atoms with Gasteiger partial charge in [0.05, 0.1) is 6.04 Å². The Bertz CT molecular complexity index is 710. The molecule has 4 atom stereocenters. The average Bonchev–Trinajstić information content (AvgIpc) is 3.27. The largest absolute Gasteiger partial charge is 0.481 e. The Morgan fingerprint density at radius 1 is 0.970 bits per heavy atom. The Morgan fingerprint density at radius 3 is 2.15 bits per heavy atom. The summed E-state index contributed by atoms with van der Waals surface area (Å²) in [6.07, 6.45) is 4.68. The maximum Gasteiger partial charge on any atom is 0.326 e. The van der Waals surface area contributed by atoms with Gasteiger partial charge in [-0.25, -0.2) is 4.79 Å². The third-order valence-electron chi connectivity index (χ3n) is 5.30. The van der Waals surface area contributed by atoms with Crippen LogP contribution in [0, 0.1) is 0 Å². The predicted octanol–water partition coefficient (Wildman–Crippen LogP) is -0.270. The van der Waals surface area contributed by atoms with Gasteiger partial charge in [-0.3, -0.25) is 19.2 Å². The van der Waals surface area contributed by atoms with Gasteiger partial charge < -0.3 is 31.5 Å². The number of carbonyl (C=O) groups excluding carboxylic acids is 3. The first kappa shape index (κ1) is 29.0. The smallest absolute Gasteiger partial charge is 0.326 e. The lowest BCUT2D eigenvalue weighted by Gasteiger charge is -2.28. The highest BCUT2D eigenvalue weighted by molar-refractivity contribution is 7.98. The molecule has 33 heavy (non-hydrogen) atoms. The fourth-order valence-electron chi connectivity index (χ4n) is 3.44. The number of hydrogen-bond donors (Lipinski definition) is 5. The maximum atomic E-state index is 13.0. The average molecular weight is 507 g/mol. The number of hydrogen-bond acceptors (Lipinski definition) is 8. The van der Waals surface area contributed by atoms with E-state index in [-0.39, 0.29) is 25.8 Å². The molecule has 0 aromatic rings. The summed E-state index contributed by atoms with van der Waals surface area (Å²) in [6.45, 7) is 0.214. The van der Waals surface area contributed by atoms with Crippen molar-refractivity contribution >= 4 is 53.2 Å². The van der Waals surface area contributed by atoms with Crippen LogP contribution in [-0.2, 0) is 24.0 Å². The number of aliphatic carboxylic acids is 2. The van der Waals surface area contributed by atoms with Crippen molar-refractivity contribution < 1.29 is 34.2 Å². The maximum absolute atomic E-state index is 13.0. The standard InChI is InChI=1S/C20H34N4O7S2/c1-32-10-7-12(21)17(27)22-13(8-11-33-2)18(28)23-14(5-6-16(25)26)19(29)24-9-3-4-15(24)20(30)31/h12-15H,3-11,21H2,1-2H3,(H,22,27)(H,23,28)(H,25,26)(H,30,31). The lowest BCUT2D eigenvalue weighted by Crippen LogP contribution is -2.57. The van der Waals surface area contributed by atoms with Gasteiger partial charge in [0.15, 0.2) is 0 Å². The third kappa shape index (κ3) is 9.80. The molecule has 0 saturated carbocycles. The van der Waals surface area contributed by atoms with Gasteiger partial charge in [0, 0.05) is 13.0 Å². The Labute approximate surface area is 202 Å². The Balaban J connectivity index is 2.96. The molecule has 11 nitrogen and oxygen atoms in total. The van der Waals surface area contributed by atoms with Crippen LogP contribution < -0.4 is 16.4 Å². The fourth-order valence-corrected chi connectivity index (χ4v) is 4.41. The SMILES string of the molecule is CSCCC(N)C(=O)NC(CCSC)C(=O)NC(CCC(=O)O)C(=O)N1CCCC1C(=O)O. The highest BCUT2D eigenvalue weighted by Gasteiger charge is 2.38. The first-order valence-corrected chi connectivity index (χ1v) is 13.5. The van der Waals surface area contributed by atoms with E-state index in [1.165, 1.54) is 16.7 Å². The van der Waals surface area contributed by atoms with Crippen LogP contribution in [0.1, 0.15) is 38.5 Å². The molecule has 4 unspecified atom stereocenters. The Morgan fingerprint density at radius 2 is 1.58 bits per heavy atom. The zero-order valence-electron chi connectivity index (χ0n) is 19.0. The molecule has 0 radical (unpaired) electrons. The molecule has 0 bridgehead atoms. The Hall–Kier alpha value is -1.99. The second-order valence-corrected chi connectivity index (χ2v) is 9.72. The minimum Gasteiger partial charge on any atom is -0.481 e. The number of nitrogens with two attached hydrogens (primary N) is 1. The van der Waals surface area contributed by atoms with Crippen LogP contribution in [0.4, 0.5) is 0 Å². The number of rotatable bonds is 15. The lowest BCUT2D eigenvalue weighted by molar-refractivity contribution is -0.150. The molecule has 1 aliphatic rings. The summed E-state index contributed by atoms with van der Waals surface area (Å²) in [5.74, 6) is -2.81. The van der Waals surface area contributed by atoms with E-state index < -0.39 is 53.8 Å². The second kappa shape index (κ2) is 15.0. The molecule has 0 aliphatic carbocycles. The number of likely N-dealkylation sites (tertiary alicyclic amines) is 1. The van der Waals surface area contributed by atoms with E-state index in [9.17, 15) is 29.1 Å². The minimum absolute atomic E-state index is 0.195. The highest BCUT2D eigenvalue weighted by Crippen LogP contribution is 2.20. The van der Waals surface area contributed by atoms with E-state index in [0.29, 0.717) is 30.8 Å². The summed E-state index contributed by atoms with van der Waals surface area (Å²) in [5.41, 5.74) is 5.89. The van der Waals surface area contributed by atoms with Crippen molar-refractivity contribution in [1.82, 2.24) is 15.5 Å². The first-order chi connectivity index (χ1) is 15.6. The van der Waals surface area contributed by atoms with Gasteiger partial charge in [0.25, 0.3) is 0 Å². The first-order valence-electron chi connectivity index (χ1n) is 10.7. The highest BCUT2D eigenvalue weighted by atomic mass is 32.2. The van der Waals surface area contributed by atoms with Crippen LogP contribution in [0.5, 0.6) is 0 Å². The number of carbonyl (C=O) groups is 5. The minimum atomic E-state index is -1.22. The Kier molecular flexibility index (Phi) is 13.2. The third-order valence-corrected chi connectivity index (χ3v) is 6.58. The van der Waals surface area contributed by atoms with Gasteiger partial charge in [-0.05, 0) is 56.1 Å². The molecule has 1 saturated heterocycles. The number of nitrogens with one attached hydrogen (secondary N) is 2. The van der Waals surface area contributed by atoms with Gasteiger partial charge >= 0.3 is 11.9 Å². The van der Waals surface area contributed by atoms with E-state index >= 15 is 0 Å². The monoisotopic (exact) mass is 506 g/mol. The van der Waals surface area contributed by atoms with Gasteiger partial charge in [-0.1, -0.05) is 0 Å². The number of carboxylic acid groups (broad SMARTS) is 2. The summed E-state index contributed by atoms with van der Waals surface area (Å²) in [7, 11) is 0. The summed E-state index contributed by atoms with van der Waals surface area (Å²) < 4.78 is 0. The summed E-state index contributed by atoms with van der Waals surface area (Å²) in [5, 5.41) is 23.6. The summed E-state index contributed by atoms with van der Waals surface area (Å²) in [6, 6.07) is -3.97. The van der Waals surface area contributed by atoms with E-state index in [1.807, 2.05) is 12.5 Å². The van der Waals surface area contributed by atoms with Crippen molar-refractivity contribution in [3.8, 4) is 0 Å². The molecule has 1 aliphatic heterocycles. The molecule has 0 spiro atoms. The second-order valence-electron chi connectivity index (χ2n) is 7.75. The van der Waals surface area contributed by atoms with Crippen molar-refractivity contribution in [2.75, 3.05) is 30.6 Å². The lowest BCUT2D eigenvalue weighted by atomic mass is 10.1. The van der Waals surface area contributed by atoms with E-state index in [0.717, 1.165) is 0 Å². The molecular weight excluding hydrogens is 472 g/mol. The van der Waals surface area contributed by atoms with Gasteiger partial charge in [0.1, 0.15) is 18.1 Å². The van der Waals surface area contributed by atoms with Crippen LogP contribution in [0.25, 0.3) is 0 Å². The van der Waals surface area contributed by atoms with Crippen LogP contribution in [0.15, 0.2) is 0 Å². The predicted molar refractivity (Wildman–Crippen MR) is 127 cm³/mol. The van der Waals surface area contributed by atoms with E-state index in [4.69, 9.17) is 10.8 Å². The van der Waals surface area contributed by atoms with Crippen molar-refractivity contribution in [1.29, 1.82) is 0 Å². The van der Waals surface area contributed by atoms with Crippen molar-refractivity contribution in [3.05, 3.63) is 0 Å². The zero-order valence-corrected chi connectivity index (χ0v) is 20.6. The normalized spacial score (nSPS) is 18.3. The molecule has 13 heteroatoms. The van der Waals surface area contributed by atoms with Crippen LogP contribution in [-0.4, -0.2) is 99.5 Å². The number of thioether (sulfide) groups is 2. The number of carboxylic acids is 2. The van der Waals surface area contributed by atoms with Crippen LogP contribution in [0.2, 0.25) is 0 Å². The van der Waals surface area contributed by atoms with Crippen LogP contribution >= 0.6 is 23.5 Å². The number of nitrogens with zero attached hydrogens (tertiary/aromatic N) is 1. The van der Waals surface area contributed by atoms with Gasteiger partial charge in [-0.2, -0.15) is 23.5 Å². The fraction of sp³-hybridized carbons (Fsp3) is 0.750. The van der Waals surface area contributed by atoms with Crippen molar-refractivity contribution in [2.45, 2.75) is 62.7 Å². The summed E-state index contributed by atoms with van der Waals surface area (Å²) in [4.78, 5) is 62.2. The van der Waals surface area contributed by atoms with E-state index in [1.54, 1.807) is 11.8 Å². The summed E-state index contributed by atoms with van der Waals surface area (Å²) >= 11 is 3.02. The molecule has 6 N–H and O–H groups in total. The van der Waals surface area contributed by atoms with Crippen molar-refractivity contribution in [3.63, 3.8) is 0 Å².